The van der Waals surface area contributed by atoms with Crippen LogP contribution < -0.4 is 10.6 Å². The predicted octanol–water partition coefficient (Wildman–Crippen LogP) is 2.94. The lowest BCUT2D eigenvalue weighted by Crippen LogP contribution is -2.41. The van der Waals surface area contributed by atoms with Gasteiger partial charge in [-0.1, -0.05) is 0 Å². The zero-order chi connectivity index (χ0) is 13.7. The molecule has 6 heteroatoms. The molecule has 0 saturated carbocycles. The third kappa shape index (κ3) is 4.65. The van der Waals surface area contributed by atoms with Crippen molar-refractivity contribution in [2.75, 3.05) is 0 Å². The fraction of sp³-hybridized carbons (Fsp3) is 0.385. The number of aryl methyl sites for hydroxylation is 1. The number of nitrogens with zero attached hydrogens (tertiary/aromatic N) is 1. The van der Waals surface area contributed by atoms with Crippen LogP contribution in [0.5, 0.6) is 0 Å². The van der Waals surface area contributed by atoms with E-state index in [1.165, 1.54) is 5.56 Å². The molecule has 2 heterocycles. The average Bonchev–Trinajstić information content (AvgIpc) is 2.98. The average molecular weight is 295 g/mol. The summed E-state index contributed by atoms with van der Waals surface area (Å²) in [6, 6.07) is 2.05. The van der Waals surface area contributed by atoms with Crippen LogP contribution in [0.15, 0.2) is 22.2 Å². The number of carbonyl (C=O) groups is 1. The highest BCUT2D eigenvalue weighted by molar-refractivity contribution is 7.09. The monoisotopic (exact) mass is 295 g/mol. The zero-order valence-electron chi connectivity index (χ0n) is 11.0. The Morgan fingerprint density at radius 2 is 2.32 bits per heavy atom. The van der Waals surface area contributed by atoms with Gasteiger partial charge >= 0.3 is 6.03 Å². The lowest BCUT2D eigenvalue weighted by molar-refractivity contribution is 0.237. The molecule has 0 aliphatic heterocycles. The van der Waals surface area contributed by atoms with Gasteiger partial charge in [-0.15, -0.1) is 11.3 Å². The first-order valence-corrected chi connectivity index (χ1v) is 7.92. The van der Waals surface area contributed by atoms with E-state index in [-0.39, 0.29) is 12.1 Å². The summed E-state index contributed by atoms with van der Waals surface area (Å²) >= 11 is 3.27. The minimum atomic E-state index is -0.145. The topological polar surface area (TPSA) is 54.0 Å². The summed E-state index contributed by atoms with van der Waals surface area (Å²) in [5, 5.41) is 12.9. The van der Waals surface area contributed by atoms with E-state index in [0.717, 1.165) is 17.1 Å². The minimum Gasteiger partial charge on any atom is -0.335 e. The van der Waals surface area contributed by atoms with E-state index in [1.54, 1.807) is 22.7 Å². The lowest BCUT2D eigenvalue weighted by atomic mass is 10.1. The van der Waals surface area contributed by atoms with E-state index >= 15 is 0 Å². The number of aromatic nitrogens is 1. The normalized spacial score (nSPS) is 12.1. The molecule has 2 amide bonds. The largest absolute Gasteiger partial charge is 0.335 e. The number of thiazole rings is 1. The van der Waals surface area contributed by atoms with Gasteiger partial charge in [0.1, 0.15) is 0 Å². The molecule has 102 valence electrons. The molecule has 1 atom stereocenters. The number of thiophene rings is 1. The van der Waals surface area contributed by atoms with Crippen LogP contribution in [0.3, 0.4) is 0 Å². The van der Waals surface area contributed by atoms with Crippen molar-refractivity contribution in [2.45, 2.75) is 32.9 Å². The van der Waals surface area contributed by atoms with Crippen molar-refractivity contribution < 1.29 is 4.79 Å². The van der Waals surface area contributed by atoms with Gasteiger partial charge in [-0.3, -0.25) is 0 Å². The molecule has 0 fully saturated rings. The molecular weight excluding hydrogens is 278 g/mol. The quantitative estimate of drug-likeness (QED) is 0.891. The summed E-state index contributed by atoms with van der Waals surface area (Å²) in [4.78, 5) is 16.0. The molecule has 2 N–H and O–H groups in total. The third-order valence-corrected chi connectivity index (χ3v) is 4.15. The van der Waals surface area contributed by atoms with Crippen molar-refractivity contribution in [2.24, 2.45) is 0 Å². The Hall–Kier alpha value is -1.40. The summed E-state index contributed by atoms with van der Waals surface area (Å²) in [7, 11) is 0. The highest BCUT2D eigenvalue weighted by atomic mass is 32.1. The molecular formula is C13H17N3OS2. The highest BCUT2D eigenvalue weighted by Gasteiger charge is 2.08. The van der Waals surface area contributed by atoms with Crippen molar-refractivity contribution >= 4 is 28.7 Å². The van der Waals surface area contributed by atoms with Gasteiger partial charge in [-0.2, -0.15) is 11.3 Å². The van der Waals surface area contributed by atoms with Crippen LogP contribution in [0.1, 0.15) is 23.2 Å². The Balaban J connectivity index is 1.71. The van der Waals surface area contributed by atoms with Crippen LogP contribution in [0.2, 0.25) is 0 Å². The number of urea groups is 1. The second kappa shape index (κ2) is 6.68. The van der Waals surface area contributed by atoms with Crippen molar-refractivity contribution in [3.8, 4) is 0 Å². The van der Waals surface area contributed by atoms with E-state index < -0.39 is 0 Å². The van der Waals surface area contributed by atoms with Crippen molar-refractivity contribution in [1.82, 2.24) is 15.6 Å². The molecule has 0 unspecified atom stereocenters. The fourth-order valence-electron chi connectivity index (χ4n) is 1.75. The Labute approximate surface area is 120 Å². The van der Waals surface area contributed by atoms with Crippen LogP contribution in [-0.2, 0) is 13.0 Å². The van der Waals surface area contributed by atoms with E-state index in [4.69, 9.17) is 0 Å². The van der Waals surface area contributed by atoms with Gasteiger partial charge in [-0.25, -0.2) is 9.78 Å². The highest BCUT2D eigenvalue weighted by Crippen LogP contribution is 2.09. The first kappa shape index (κ1) is 14.0. The summed E-state index contributed by atoms with van der Waals surface area (Å²) in [6.45, 7) is 4.43. The lowest BCUT2D eigenvalue weighted by Gasteiger charge is -2.13. The van der Waals surface area contributed by atoms with Gasteiger partial charge in [0.05, 0.1) is 17.2 Å². The van der Waals surface area contributed by atoms with Crippen molar-refractivity contribution in [3.63, 3.8) is 0 Å². The maximum absolute atomic E-state index is 11.7. The number of carbonyl (C=O) groups excluding carboxylic acids is 1. The van der Waals surface area contributed by atoms with Crippen LogP contribution in [0.25, 0.3) is 0 Å². The van der Waals surface area contributed by atoms with E-state index in [1.807, 2.05) is 24.6 Å². The molecule has 4 nitrogen and oxygen atoms in total. The van der Waals surface area contributed by atoms with E-state index in [2.05, 4.69) is 27.1 Å². The molecule has 0 saturated heterocycles. The molecule has 0 radical (unpaired) electrons. The Kier molecular flexibility index (Phi) is 4.93. The minimum absolute atomic E-state index is 0.117. The van der Waals surface area contributed by atoms with Crippen LogP contribution in [0.4, 0.5) is 4.79 Å². The van der Waals surface area contributed by atoms with Gasteiger partial charge in [0.15, 0.2) is 0 Å². The molecule has 0 aliphatic carbocycles. The summed E-state index contributed by atoms with van der Waals surface area (Å²) in [5.74, 6) is 0. The second-order valence-electron chi connectivity index (χ2n) is 4.42. The van der Waals surface area contributed by atoms with Crippen molar-refractivity contribution in [3.05, 3.63) is 38.5 Å². The maximum Gasteiger partial charge on any atom is 0.315 e. The predicted molar refractivity (Wildman–Crippen MR) is 79.7 cm³/mol. The number of nitrogens with one attached hydrogen (secondary N) is 2. The number of amides is 2. The van der Waals surface area contributed by atoms with Gasteiger partial charge in [0.2, 0.25) is 0 Å². The summed E-state index contributed by atoms with van der Waals surface area (Å²) < 4.78 is 0. The molecule has 2 rings (SSSR count). The molecule has 2 aromatic heterocycles. The second-order valence-corrected chi connectivity index (χ2v) is 6.26. The Morgan fingerprint density at radius 1 is 1.47 bits per heavy atom. The number of hydrogen-bond acceptors (Lipinski definition) is 4. The third-order valence-electron chi connectivity index (χ3n) is 2.60. The van der Waals surface area contributed by atoms with Gasteiger partial charge in [0, 0.05) is 11.4 Å². The van der Waals surface area contributed by atoms with Crippen LogP contribution in [0, 0.1) is 6.92 Å². The smallest absolute Gasteiger partial charge is 0.315 e. The molecule has 0 bridgehead atoms. The SMILES string of the molecule is Cc1nc(CNC(=O)N[C@@H](C)Cc2ccsc2)cs1. The Morgan fingerprint density at radius 3 is 2.95 bits per heavy atom. The van der Waals surface area contributed by atoms with Gasteiger partial charge < -0.3 is 10.6 Å². The first-order valence-electron chi connectivity index (χ1n) is 6.10. The van der Waals surface area contributed by atoms with Gasteiger partial charge in [-0.05, 0) is 42.7 Å². The molecule has 0 aromatic carbocycles. The van der Waals surface area contributed by atoms with Crippen LogP contribution in [-0.4, -0.2) is 17.1 Å². The Bertz CT molecular complexity index is 522. The standard InChI is InChI=1S/C13H17N3OS2/c1-9(5-11-3-4-18-7-11)15-13(17)14-6-12-8-19-10(2)16-12/h3-4,7-9H,5-6H2,1-2H3,(H2,14,15,17)/t9-/m0/s1. The summed E-state index contributed by atoms with van der Waals surface area (Å²) in [6.07, 6.45) is 0.854. The van der Waals surface area contributed by atoms with E-state index in [0.29, 0.717) is 6.54 Å². The maximum atomic E-state index is 11.7. The first-order chi connectivity index (χ1) is 9.13. The number of hydrogen-bond donors (Lipinski definition) is 2. The van der Waals surface area contributed by atoms with Gasteiger partial charge in [0.25, 0.3) is 0 Å². The number of rotatable bonds is 5. The van der Waals surface area contributed by atoms with Crippen molar-refractivity contribution in [1.29, 1.82) is 0 Å². The molecule has 2 aromatic rings. The molecule has 19 heavy (non-hydrogen) atoms. The zero-order valence-corrected chi connectivity index (χ0v) is 12.6. The van der Waals surface area contributed by atoms with E-state index in [9.17, 15) is 4.79 Å². The summed E-state index contributed by atoms with van der Waals surface area (Å²) in [5.41, 5.74) is 2.16. The molecule has 0 aliphatic rings. The van der Waals surface area contributed by atoms with Crippen LogP contribution >= 0.6 is 22.7 Å². The molecule has 0 spiro atoms. The fourth-order valence-corrected chi connectivity index (χ4v) is 3.04.